The number of methoxy groups -OCH3 is 2. The van der Waals surface area contributed by atoms with E-state index in [1.165, 1.54) is 0 Å². The Bertz CT molecular complexity index is 412. The van der Waals surface area contributed by atoms with Crippen LogP contribution >= 0.6 is 11.6 Å². The molecule has 0 aliphatic carbocycles. The first-order valence-electron chi connectivity index (χ1n) is 5.74. The molecular weight excluding hydrogens is 252 g/mol. The molecule has 1 unspecified atom stereocenters. The number of halogens is 1. The topological polar surface area (TPSA) is 27.7 Å². The van der Waals surface area contributed by atoms with Crippen molar-refractivity contribution in [2.45, 2.75) is 20.0 Å². The molecular formula is C14H19ClO3. The summed E-state index contributed by atoms with van der Waals surface area (Å²) in [7, 11) is 3.23. The summed E-state index contributed by atoms with van der Waals surface area (Å²) < 4.78 is 16.1. The second kappa shape index (κ2) is 7.29. The SMILES string of the molecule is COc1ccc(C(C)OC/C=C(/C)Cl)cc1OC. The summed E-state index contributed by atoms with van der Waals surface area (Å²) >= 11 is 5.74. The van der Waals surface area contributed by atoms with Crippen molar-refractivity contribution in [2.75, 3.05) is 20.8 Å². The molecule has 1 atom stereocenters. The zero-order chi connectivity index (χ0) is 13.5. The predicted octanol–water partition coefficient (Wildman–Crippen LogP) is 3.92. The van der Waals surface area contributed by atoms with Gasteiger partial charge in [0.2, 0.25) is 0 Å². The van der Waals surface area contributed by atoms with Crippen LogP contribution in [0.1, 0.15) is 25.5 Å². The lowest BCUT2D eigenvalue weighted by Crippen LogP contribution is -2.01. The van der Waals surface area contributed by atoms with E-state index < -0.39 is 0 Å². The third-order valence-corrected chi connectivity index (χ3v) is 2.74. The van der Waals surface area contributed by atoms with E-state index in [1.807, 2.05) is 38.1 Å². The molecule has 4 heteroatoms. The maximum atomic E-state index is 5.74. The van der Waals surface area contributed by atoms with Crippen LogP contribution in [-0.2, 0) is 4.74 Å². The Morgan fingerprint density at radius 2 is 1.94 bits per heavy atom. The van der Waals surface area contributed by atoms with Gasteiger partial charge in [-0.1, -0.05) is 17.7 Å². The smallest absolute Gasteiger partial charge is 0.161 e. The van der Waals surface area contributed by atoms with Crippen LogP contribution in [0.25, 0.3) is 0 Å². The molecule has 0 radical (unpaired) electrons. The fraction of sp³-hybridized carbons (Fsp3) is 0.429. The highest BCUT2D eigenvalue weighted by Crippen LogP contribution is 2.30. The van der Waals surface area contributed by atoms with Crippen LogP contribution in [-0.4, -0.2) is 20.8 Å². The molecule has 0 N–H and O–H groups in total. The molecule has 0 spiro atoms. The van der Waals surface area contributed by atoms with Crippen molar-refractivity contribution in [3.8, 4) is 11.5 Å². The highest BCUT2D eigenvalue weighted by Gasteiger charge is 2.10. The molecule has 1 rings (SSSR count). The Morgan fingerprint density at radius 3 is 2.50 bits per heavy atom. The Kier molecular flexibility index (Phi) is 6.02. The van der Waals surface area contributed by atoms with Crippen LogP contribution < -0.4 is 9.47 Å². The van der Waals surface area contributed by atoms with Gasteiger partial charge in [-0.15, -0.1) is 0 Å². The van der Waals surface area contributed by atoms with Gasteiger partial charge in [-0.3, -0.25) is 0 Å². The minimum atomic E-state index is -0.0305. The molecule has 0 amide bonds. The number of ether oxygens (including phenoxy) is 3. The Balaban J connectivity index is 2.74. The summed E-state index contributed by atoms with van der Waals surface area (Å²) in [6.07, 6.45) is 1.80. The molecule has 0 aromatic heterocycles. The van der Waals surface area contributed by atoms with Gasteiger partial charge in [0.25, 0.3) is 0 Å². The molecule has 0 aliphatic heterocycles. The van der Waals surface area contributed by atoms with E-state index in [-0.39, 0.29) is 6.10 Å². The van der Waals surface area contributed by atoms with E-state index in [0.717, 1.165) is 10.6 Å². The monoisotopic (exact) mass is 270 g/mol. The lowest BCUT2D eigenvalue weighted by molar-refractivity contribution is 0.0882. The minimum Gasteiger partial charge on any atom is -0.493 e. The second-order valence-electron chi connectivity index (χ2n) is 3.88. The average Bonchev–Trinajstić information content (AvgIpc) is 2.37. The fourth-order valence-electron chi connectivity index (χ4n) is 1.51. The van der Waals surface area contributed by atoms with Crippen molar-refractivity contribution in [3.63, 3.8) is 0 Å². The van der Waals surface area contributed by atoms with E-state index in [2.05, 4.69) is 0 Å². The first kappa shape index (κ1) is 14.9. The third kappa shape index (κ3) is 4.24. The van der Waals surface area contributed by atoms with Gasteiger partial charge in [-0.25, -0.2) is 0 Å². The van der Waals surface area contributed by atoms with Gasteiger partial charge in [0, 0.05) is 5.03 Å². The van der Waals surface area contributed by atoms with Crippen LogP contribution in [0.4, 0.5) is 0 Å². The third-order valence-electron chi connectivity index (χ3n) is 2.59. The van der Waals surface area contributed by atoms with Crippen molar-refractivity contribution in [1.82, 2.24) is 0 Å². The summed E-state index contributed by atoms with van der Waals surface area (Å²) in [6, 6.07) is 5.75. The molecule has 0 aliphatic rings. The van der Waals surface area contributed by atoms with Crippen molar-refractivity contribution in [2.24, 2.45) is 0 Å². The van der Waals surface area contributed by atoms with Gasteiger partial charge in [0.05, 0.1) is 26.9 Å². The lowest BCUT2D eigenvalue weighted by atomic mass is 10.1. The molecule has 1 aromatic carbocycles. The van der Waals surface area contributed by atoms with E-state index in [0.29, 0.717) is 18.1 Å². The van der Waals surface area contributed by atoms with Crippen LogP contribution in [0.5, 0.6) is 11.5 Å². The molecule has 3 nitrogen and oxygen atoms in total. The van der Waals surface area contributed by atoms with Crippen molar-refractivity contribution >= 4 is 11.6 Å². The summed E-state index contributed by atoms with van der Waals surface area (Å²) in [5.74, 6) is 1.42. The van der Waals surface area contributed by atoms with Gasteiger partial charge in [-0.2, -0.15) is 0 Å². The van der Waals surface area contributed by atoms with Crippen LogP contribution in [0.15, 0.2) is 29.3 Å². The zero-order valence-electron chi connectivity index (χ0n) is 11.2. The van der Waals surface area contributed by atoms with Gasteiger partial charge in [0.1, 0.15) is 0 Å². The van der Waals surface area contributed by atoms with Gasteiger partial charge < -0.3 is 14.2 Å². The summed E-state index contributed by atoms with van der Waals surface area (Å²) in [5.41, 5.74) is 1.04. The van der Waals surface area contributed by atoms with Gasteiger partial charge in [0.15, 0.2) is 11.5 Å². The molecule has 0 bridgehead atoms. The van der Waals surface area contributed by atoms with Crippen LogP contribution in [0.3, 0.4) is 0 Å². The zero-order valence-corrected chi connectivity index (χ0v) is 12.0. The highest BCUT2D eigenvalue weighted by molar-refractivity contribution is 6.29. The minimum absolute atomic E-state index is 0.0305. The largest absolute Gasteiger partial charge is 0.493 e. The Labute approximate surface area is 113 Å². The van der Waals surface area contributed by atoms with Gasteiger partial charge in [-0.05, 0) is 37.6 Å². The van der Waals surface area contributed by atoms with Crippen molar-refractivity contribution in [3.05, 3.63) is 34.9 Å². The molecule has 0 fully saturated rings. The summed E-state index contributed by atoms with van der Waals surface area (Å²) in [4.78, 5) is 0. The number of rotatable bonds is 6. The molecule has 0 saturated carbocycles. The highest BCUT2D eigenvalue weighted by atomic mass is 35.5. The average molecular weight is 271 g/mol. The molecule has 100 valence electrons. The molecule has 1 aromatic rings. The maximum absolute atomic E-state index is 5.74. The Morgan fingerprint density at radius 1 is 1.28 bits per heavy atom. The summed E-state index contributed by atoms with van der Waals surface area (Å²) in [5, 5.41) is 0.731. The van der Waals surface area contributed by atoms with Crippen LogP contribution in [0.2, 0.25) is 0 Å². The van der Waals surface area contributed by atoms with E-state index >= 15 is 0 Å². The van der Waals surface area contributed by atoms with E-state index in [1.54, 1.807) is 14.2 Å². The predicted molar refractivity (Wildman–Crippen MR) is 73.5 cm³/mol. The number of allylic oxidation sites excluding steroid dienone is 1. The van der Waals surface area contributed by atoms with Crippen LogP contribution in [0, 0.1) is 0 Å². The summed E-state index contributed by atoms with van der Waals surface area (Å²) in [6.45, 7) is 4.30. The molecule has 18 heavy (non-hydrogen) atoms. The quantitative estimate of drug-likeness (QED) is 0.784. The van der Waals surface area contributed by atoms with Gasteiger partial charge >= 0.3 is 0 Å². The molecule has 0 saturated heterocycles. The van der Waals surface area contributed by atoms with E-state index in [9.17, 15) is 0 Å². The number of hydrogen-bond acceptors (Lipinski definition) is 3. The Hall–Kier alpha value is -1.19. The van der Waals surface area contributed by atoms with Crippen molar-refractivity contribution < 1.29 is 14.2 Å². The first-order valence-corrected chi connectivity index (χ1v) is 6.12. The standard InChI is InChI=1S/C14H19ClO3/c1-10(15)7-8-18-11(2)12-5-6-13(16-3)14(9-12)17-4/h5-7,9,11H,8H2,1-4H3/b10-7-. The fourth-order valence-corrected chi connectivity index (χ4v) is 1.57. The normalized spacial score (nSPS) is 13.3. The maximum Gasteiger partial charge on any atom is 0.161 e. The van der Waals surface area contributed by atoms with E-state index in [4.69, 9.17) is 25.8 Å². The molecule has 0 heterocycles. The number of benzene rings is 1. The second-order valence-corrected chi connectivity index (χ2v) is 4.48. The number of hydrogen-bond donors (Lipinski definition) is 0. The lowest BCUT2D eigenvalue weighted by Gasteiger charge is -2.15. The van der Waals surface area contributed by atoms with Crippen molar-refractivity contribution in [1.29, 1.82) is 0 Å². The first-order chi connectivity index (χ1) is 8.58.